The Bertz CT molecular complexity index is 416. The molecule has 1 saturated heterocycles. The van der Waals surface area contributed by atoms with Crippen LogP contribution in [0.3, 0.4) is 0 Å². The molecule has 1 aliphatic carbocycles. The van der Waals surface area contributed by atoms with Crippen molar-refractivity contribution in [2.45, 2.75) is 25.3 Å². The molecule has 3 rings (SSSR count). The first kappa shape index (κ1) is 12.8. The van der Waals surface area contributed by atoms with Gasteiger partial charge in [0.2, 0.25) is 0 Å². The highest BCUT2D eigenvalue weighted by Crippen LogP contribution is 2.49. The summed E-state index contributed by atoms with van der Waals surface area (Å²) in [5.74, 6) is -0.166. The Kier molecular flexibility index (Phi) is 3.43. The Balaban J connectivity index is 0.00000108. The van der Waals surface area contributed by atoms with E-state index in [1.54, 1.807) is 12.1 Å². The van der Waals surface area contributed by atoms with Crippen LogP contribution in [0.15, 0.2) is 18.2 Å². The van der Waals surface area contributed by atoms with Crippen molar-refractivity contribution in [1.29, 1.82) is 0 Å². The number of benzene rings is 1. The van der Waals surface area contributed by atoms with E-state index >= 15 is 0 Å². The summed E-state index contributed by atoms with van der Waals surface area (Å²) in [7, 11) is 0. The van der Waals surface area contributed by atoms with Crippen molar-refractivity contribution in [3.8, 4) is 0 Å². The van der Waals surface area contributed by atoms with Crippen LogP contribution in [0, 0.1) is 11.2 Å². The van der Waals surface area contributed by atoms with E-state index in [-0.39, 0.29) is 29.7 Å². The molecule has 1 aliphatic heterocycles. The minimum atomic E-state index is -0.166. The molecule has 94 valence electrons. The molecule has 1 atom stereocenters. The molecule has 1 unspecified atom stereocenters. The largest absolute Gasteiger partial charge is 0.323 e. The van der Waals surface area contributed by atoms with Crippen LogP contribution in [0.2, 0.25) is 0 Å². The van der Waals surface area contributed by atoms with Crippen LogP contribution in [0.4, 0.5) is 4.39 Å². The average Bonchev–Trinajstić information content (AvgIpc) is 2.55. The van der Waals surface area contributed by atoms with Crippen molar-refractivity contribution in [3.05, 3.63) is 35.1 Å². The van der Waals surface area contributed by atoms with Crippen molar-refractivity contribution in [2.24, 2.45) is 11.1 Å². The van der Waals surface area contributed by atoms with Gasteiger partial charge in [-0.1, -0.05) is 6.07 Å². The first-order valence-electron chi connectivity index (χ1n) is 5.96. The minimum Gasteiger partial charge on any atom is -0.323 e. The summed E-state index contributed by atoms with van der Waals surface area (Å²) >= 11 is 0. The summed E-state index contributed by atoms with van der Waals surface area (Å²) in [5, 5.41) is 3.36. The lowest BCUT2D eigenvalue weighted by molar-refractivity contribution is 0.174. The van der Waals surface area contributed by atoms with Gasteiger partial charge in [0, 0.05) is 6.04 Å². The number of piperidine rings is 1. The molecule has 1 aromatic rings. The van der Waals surface area contributed by atoms with Crippen LogP contribution in [-0.4, -0.2) is 13.1 Å². The highest BCUT2D eigenvalue weighted by Gasteiger charge is 2.44. The molecule has 4 heteroatoms. The second kappa shape index (κ2) is 4.56. The predicted molar refractivity (Wildman–Crippen MR) is 68.8 cm³/mol. The van der Waals surface area contributed by atoms with Gasteiger partial charge in [0.15, 0.2) is 0 Å². The van der Waals surface area contributed by atoms with Crippen molar-refractivity contribution < 1.29 is 4.39 Å². The van der Waals surface area contributed by atoms with Gasteiger partial charge in [0.25, 0.3) is 0 Å². The van der Waals surface area contributed by atoms with E-state index in [2.05, 4.69) is 5.32 Å². The number of hydrogen-bond acceptors (Lipinski definition) is 2. The van der Waals surface area contributed by atoms with Crippen LogP contribution in [0.5, 0.6) is 0 Å². The second-order valence-electron chi connectivity index (χ2n) is 5.11. The van der Waals surface area contributed by atoms with Gasteiger partial charge in [0.1, 0.15) is 5.82 Å². The summed E-state index contributed by atoms with van der Waals surface area (Å²) in [5.41, 5.74) is 8.79. The number of nitrogens with one attached hydrogen (secondary N) is 1. The Morgan fingerprint density at radius 1 is 1.29 bits per heavy atom. The van der Waals surface area contributed by atoms with Crippen LogP contribution in [0.1, 0.15) is 30.0 Å². The van der Waals surface area contributed by atoms with Crippen molar-refractivity contribution in [3.63, 3.8) is 0 Å². The zero-order chi connectivity index (χ0) is 11.2. The van der Waals surface area contributed by atoms with Crippen molar-refractivity contribution in [1.82, 2.24) is 5.32 Å². The summed E-state index contributed by atoms with van der Waals surface area (Å²) in [6, 6.07) is 5.09. The first-order valence-corrected chi connectivity index (χ1v) is 5.96. The Morgan fingerprint density at radius 2 is 2.00 bits per heavy atom. The van der Waals surface area contributed by atoms with Crippen LogP contribution >= 0.6 is 12.4 Å². The second-order valence-corrected chi connectivity index (χ2v) is 5.11. The number of rotatable bonds is 0. The maximum atomic E-state index is 13.2. The zero-order valence-corrected chi connectivity index (χ0v) is 10.5. The van der Waals surface area contributed by atoms with E-state index in [0.29, 0.717) is 0 Å². The molecule has 0 bridgehead atoms. The first-order chi connectivity index (χ1) is 7.71. The molecule has 1 heterocycles. The van der Waals surface area contributed by atoms with Crippen LogP contribution < -0.4 is 11.1 Å². The maximum Gasteiger partial charge on any atom is 0.123 e. The molecule has 0 aromatic heterocycles. The Hall–Kier alpha value is -0.640. The highest BCUT2D eigenvalue weighted by molar-refractivity contribution is 5.85. The third-order valence-electron chi connectivity index (χ3n) is 4.24. The SMILES string of the molecule is Cl.NC1c2cc(F)ccc2CC12CCNCC2. The van der Waals surface area contributed by atoms with Gasteiger partial charge < -0.3 is 11.1 Å². The van der Waals surface area contributed by atoms with Gasteiger partial charge >= 0.3 is 0 Å². The number of fused-ring (bicyclic) bond motifs is 1. The third kappa shape index (κ3) is 1.96. The fraction of sp³-hybridized carbons (Fsp3) is 0.538. The van der Waals surface area contributed by atoms with E-state index in [9.17, 15) is 4.39 Å². The van der Waals surface area contributed by atoms with Crippen LogP contribution in [0.25, 0.3) is 0 Å². The van der Waals surface area contributed by atoms with E-state index < -0.39 is 0 Å². The molecule has 1 spiro atoms. The topological polar surface area (TPSA) is 38.0 Å². The monoisotopic (exact) mass is 256 g/mol. The van der Waals surface area contributed by atoms with E-state index in [1.807, 2.05) is 6.07 Å². The van der Waals surface area contributed by atoms with Gasteiger partial charge in [-0.15, -0.1) is 12.4 Å². The summed E-state index contributed by atoms with van der Waals surface area (Å²) < 4.78 is 13.2. The lowest BCUT2D eigenvalue weighted by Crippen LogP contribution is -2.42. The molecule has 1 fully saturated rings. The number of nitrogens with two attached hydrogens (primary N) is 1. The molecule has 0 amide bonds. The molecule has 2 aliphatic rings. The van der Waals surface area contributed by atoms with Crippen molar-refractivity contribution in [2.75, 3.05) is 13.1 Å². The minimum absolute atomic E-state index is 0. The smallest absolute Gasteiger partial charge is 0.123 e. The molecule has 3 N–H and O–H groups in total. The van der Waals surface area contributed by atoms with Gasteiger partial charge in [-0.3, -0.25) is 0 Å². The quantitative estimate of drug-likeness (QED) is 0.747. The van der Waals surface area contributed by atoms with Crippen molar-refractivity contribution >= 4 is 12.4 Å². The predicted octanol–water partition coefficient (Wildman–Crippen LogP) is 2.17. The van der Waals surface area contributed by atoms with Gasteiger partial charge in [-0.05, 0) is 61.0 Å². The Morgan fingerprint density at radius 3 is 2.71 bits per heavy atom. The van der Waals surface area contributed by atoms with Gasteiger partial charge in [-0.25, -0.2) is 4.39 Å². The molecular formula is C13H18ClFN2. The lowest BCUT2D eigenvalue weighted by atomic mass is 9.73. The average molecular weight is 257 g/mol. The normalized spacial score (nSPS) is 25.4. The number of halogens is 2. The summed E-state index contributed by atoms with van der Waals surface area (Å²) in [6.45, 7) is 2.06. The molecule has 2 nitrogen and oxygen atoms in total. The molecule has 1 aromatic carbocycles. The van der Waals surface area contributed by atoms with Gasteiger partial charge in [0.05, 0.1) is 0 Å². The molecule has 0 radical (unpaired) electrons. The zero-order valence-electron chi connectivity index (χ0n) is 9.71. The van der Waals surface area contributed by atoms with Gasteiger partial charge in [-0.2, -0.15) is 0 Å². The standard InChI is InChI=1S/C13H17FN2.ClH/c14-10-2-1-9-8-13(3-5-16-6-4-13)12(15)11(9)7-10;/h1-2,7,12,16H,3-6,8,15H2;1H. The molecule has 0 saturated carbocycles. The summed E-state index contributed by atoms with van der Waals surface area (Å²) in [4.78, 5) is 0. The highest BCUT2D eigenvalue weighted by atomic mass is 35.5. The fourth-order valence-electron chi connectivity index (χ4n) is 3.25. The Labute approximate surface area is 107 Å². The fourth-order valence-corrected chi connectivity index (χ4v) is 3.25. The van der Waals surface area contributed by atoms with E-state index in [4.69, 9.17) is 5.73 Å². The van der Waals surface area contributed by atoms with E-state index in [0.717, 1.165) is 37.9 Å². The lowest BCUT2D eigenvalue weighted by Gasteiger charge is -2.37. The van der Waals surface area contributed by atoms with Crippen LogP contribution in [-0.2, 0) is 6.42 Å². The van der Waals surface area contributed by atoms with E-state index in [1.165, 1.54) is 5.56 Å². The molecular weight excluding hydrogens is 239 g/mol. The summed E-state index contributed by atoms with van der Waals surface area (Å²) in [6.07, 6.45) is 3.22. The third-order valence-corrected chi connectivity index (χ3v) is 4.24. The maximum absolute atomic E-state index is 13.2. The number of hydrogen-bond donors (Lipinski definition) is 2. The molecule has 17 heavy (non-hydrogen) atoms.